The fourth-order valence-electron chi connectivity index (χ4n) is 7.24. The topological polar surface area (TPSA) is 65.0 Å². The Morgan fingerprint density at radius 3 is 2.59 bits per heavy atom. The second kappa shape index (κ2) is 7.10. The van der Waals surface area contributed by atoms with Crippen molar-refractivity contribution in [2.45, 2.75) is 71.8 Å². The van der Waals surface area contributed by atoms with E-state index in [0.29, 0.717) is 30.1 Å². The van der Waals surface area contributed by atoms with Crippen LogP contribution in [-0.2, 0) is 19.2 Å². The third-order valence-corrected chi connectivity index (χ3v) is 8.45. The predicted octanol–water partition coefficient (Wildman–Crippen LogP) is 4.62. The highest BCUT2D eigenvalue weighted by molar-refractivity contribution is 5.96. The van der Waals surface area contributed by atoms with Gasteiger partial charge in [-0.3, -0.25) is 9.59 Å². The maximum Gasteiger partial charge on any atom is 0.303 e. The molecule has 0 spiro atoms. The fraction of sp³-hybridized carbons (Fsp3) is 0.708. The highest BCUT2D eigenvalue weighted by Crippen LogP contribution is 2.65. The van der Waals surface area contributed by atoms with Gasteiger partial charge in [0.15, 0.2) is 11.4 Å². The summed E-state index contributed by atoms with van der Waals surface area (Å²) in [5, 5.41) is 4.17. The first kappa shape index (κ1) is 20.4. The molecule has 4 aliphatic carbocycles. The molecule has 158 valence electrons. The smallest absolute Gasteiger partial charge is 0.303 e. The van der Waals surface area contributed by atoms with Crippen molar-refractivity contribution < 1.29 is 19.2 Å². The molecule has 4 unspecified atom stereocenters. The van der Waals surface area contributed by atoms with Gasteiger partial charge in [0.05, 0.1) is 5.71 Å². The molecule has 0 bridgehead atoms. The van der Waals surface area contributed by atoms with E-state index in [1.807, 2.05) is 0 Å². The summed E-state index contributed by atoms with van der Waals surface area (Å²) in [6.45, 7) is 7.43. The Hall–Kier alpha value is -1.91. The van der Waals surface area contributed by atoms with Crippen molar-refractivity contribution in [3.05, 3.63) is 23.3 Å². The average Bonchev–Trinajstić information content (AvgIpc) is 2.96. The molecule has 0 aliphatic heterocycles. The van der Waals surface area contributed by atoms with E-state index in [9.17, 15) is 9.59 Å². The third-order valence-electron chi connectivity index (χ3n) is 8.45. The van der Waals surface area contributed by atoms with E-state index in [0.717, 1.165) is 37.8 Å². The molecule has 0 aromatic carbocycles. The van der Waals surface area contributed by atoms with Crippen LogP contribution in [0.4, 0.5) is 0 Å². The minimum absolute atomic E-state index is 0.00586. The monoisotopic (exact) mass is 399 g/mol. The van der Waals surface area contributed by atoms with Crippen molar-refractivity contribution in [1.29, 1.82) is 0 Å². The molecule has 5 nitrogen and oxygen atoms in total. The maximum absolute atomic E-state index is 12.8. The van der Waals surface area contributed by atoms with Gasteiger partial charge in [0.25, 0.3) is 0 Å². The third kappa shape index (κ3) is 2.91. The number of ether oxygens (including phenoxy) is 1. The summed E-state index contributed by atoms with van der Waals surface area (Å²) in [4.78, 5) is 29.7. The molecular formula is C24H33NO4. The molecule has 0 aromatic heterocycles. The van der Waals surface area contributed by atoms with Gasteiger partial charge in [0.2, 0.25) is 0 Å². The first-order chi connectivity index (χ1) is 13.7. The Bertz CT molecular complexity index is 825. The number of esters is 1. The Balaban J connectivity index is 1.72. The lowest BCUT2D eigenvalue weighted by molar-refractivity contribution is -0.184. The molecule has 0 saturated heterocycles. The molecular weight excluding hydrogens is 366 g/mol. The standard InChI is InChI=1S/C24H33NO4/c1-14-12-21-19(18-7-6-17(25-28-5)13-20(14)18)8-10-23(4)22(21)9-11-24(23,15(2)26)29-16(3)27/h12-13,18-19,21-22H,6-11H2,1-5H3/b25-17+/t18?,19?,21?,22?,23-,24+/m0/s1. The van der Waals surface area contributed by atoms with E-state index in [4.69, 9.17) is 9.57 Å². The maximum atomic E-state index is 12.8. The van der Waals surface area contributed by atoms with Gasteiger partial charge in [-0.2, -0.15) is 0 Å². The number of carbonyl (C=O) groups is 2. The van der Waals surface area contributed by atoms with Crippen LogP contribution < -0.4 is 0 Å². The normalized spacial score (nSPS) is 42.2. The molecule has 0 aromatic rings. The van der Waals surface area contributed by atoms with Gasteiger partial charge in [0.1, 0.15) is 7.11 Å². The SMILES string of the molecule is CO/N=C1/C=C2C(C)=CC3C(CC[C@@]4(C)C3CC[C@@]4(OC(C)=O)C(C)=O)C2CC1. The number of rotatable bonds is 3. The van der Waals surface area contributed by atoms with Crippen molar-refractivity contribution in [3.63, 3.8) is 0 Å². The zero-order valence-electron chi connectivity index (χ0n) is 18.3. The summed E-state index contributed by atoms with van der Waals surface area (Å²) in [6.07, 6.45) is 10.3. The first-order valence-electron chi connectivity index (χ1n) is 10.9. The van der Waals surface area contributed by atoms with E-state index in [-0.39, 0.29) is 17.2 Å². The van der Waals surface area contributed by atoms with Crippen LogP contribution in [0.25, 0.3) is 0 Å². The summed E-state index contributed by atoms with van der Waals surface area (Å²) in [7, 11) is 1.60. The van der Waals surface area contributed by atoms with Gasteiger partial charge in [-0.25, -0.2) is 0 Å². The van der Waals surface area contributed by atoms with Crippen LogP contribution in [0.5, 0.6) is 0 Å². The number of ketones is 1. The second-order valence-electron chi connectivity index (χ2n) is 9.68. The number of oxime groups is 1. The van der Waals surface area contributed by atoms with Crippen LogP contribution in [0.1, 0.15) is 66.2 Å². The van der Waals surface area contributed by atoms with Crippen LogP contribution in [0.15, 0.2) is 28.5 Å². The Morgan fingerprint density at radius 1 is 1.17 bits per heavy atom. The number of carbonyl (C=O) groups excluding carboxylic acids is 2. The summed E-state index contributed by atoms with van der Waals surface area (Å²) in [5.41, 5.74) is 2.51. The Kier molecular flexibility index (Phi) is 4.99. The predicted molar refractivity (Wildman–Crippen MR) is 111 cm³/mol. The highest BCUT2D eigenvalue weighted by atomic mass is 16.6. The molecule has 2 saturated carbocycles. The van der Waals surface area contributed by atoms with Crippen LogP contribution in [0.3, 0.4) is 0 Å². The van der Waals surface area contributed by atoms with Crippen molar-refractivity contribution in [3.8, 4) is 0 Å². The number of Topliss-reactive ketones (excluding diaryl/α,β-unsaturated/α-hetero) is 1. The summed E-state index contributed by atoms with van der Waals surface area (Å²) >= 11 is 0. The van der Waals surface area contributed by atoms with Crippen LogP contribution >= 0.6 is 0 Å². The van der Waals surface area contributed by atoms with E-state index < -0.39 is 5.60 Å². The average molecular weight is 400 g/mol. The van der Waals surface area contributed by atoms with Gasteiger partial charge in [-0.15, -0.1) is 0 Å². The first-order valence-corrected chi connectivity index (χ1v) is 10.9. The Labute approximate surface area is 173 Å². The van der Waals surface area contributed by atoms with Crippen LogP contribution in [0, 0.1) is 29.1 Å². The van der Waals surface area contributed by atoms with Crippen LogP contribution in [0.2, 0.25) is 0 Å². The molecule has 4 rings (SSSR count). The zero-order valence-corrected chi connectivity index (χ0v) is 18.3. The number of nitrogens with zero attached hydrogens (tertiary/aromatic N) is 1. The largest absolute Gasteiger partial charge is 0.451 e. The quantitative estimate of drug-likeness (QED) is 0.513. The minimum atomic E-state index is -0.961. The molecule has 0 heterocycles. The van der Waals surface area contributed by atoms with Gasteiger partial charge < -0.3 is 9.57 Å². The lowest BCUT2D eigenvalue weighted by Crippen LogP contribution is -2.57. The number of hydrogen-bond acceptors (Lipinski definition) is 5. The summed E-state index contributed by atoms with van der Waals surface area (Å²) < 4.78 is 5.84. The molecule has 4 aliphatic rings. The fourth-order valence-corrected chi connectivity index (χ4v) is 7.24. The van der Waals surface area contributed by atoms with Crippen molar-refractivity contribution in [2.24, 2.45) is 34.2 Å². The molecule has 0 N–H and O–H groups in total. The van der Waals surface area contributed by atoms with Crippen molar-refractivity contribution in [1.82, 2.24) is 0 Å². The van der Waals surface area contributed by atoms with E-state index in [1.165, 1.54) is 18.1 Å². The minimum Gasteiger partial charge on any atom is -0.451 e. The lowest BCUT2D eigenvalue weighted by atomic mass is 9.51. The van der Waals surface area contributed by atoms with Crippen LogP contribution in [-0.4, -0.2) is 30.2 Å². The number of allylic oxidation sites excluding steroid dienone is 4. The molecule has 2 fully saturated rings. The summed E-state index contributed by atoms with van der Waals surface area (Å²) in [5.74, 6) is 1.61. The second-order valence-corrected chi connectivity index (χ2v) is 9.68. The summed E-state index contributed by atoms with van der Waals surface area (Å²) in [6, 6.07) is 0. The van der Waals surface area contributed by atoms with Gasteiger partial charge in [-0.05, 0) is 87.7 Å². The van der Waals surface area contributed by atoms with E-state index >= 15 is 0 Å². The lowest BCUT2D eigenvalue weighted by Gasteiger charge is -2.54. The Morgan fingerprint density at radius 2 is 1.93 bits per heavy atom. The molecule has 0 radical (unpaired) electrons. The van der Waals surface area contributed by atoms with Gasteiger partial charge in [0, 0.05) is 12.3 Å². The molecule has 29 heavy (non-hydrogen) atoms. The van der Waals surface area contributed by atoms with E-state index in [2.05, 4.69) is 31.2 Å². The number of fused-ring (bicyclic) bond motifs is 5. The molecule has 0 amide bonds. The number of hydrogen-bond donors (Lipinski definition) is 0. The zero-order chi connectivity index (χ0) is 21.0. The molecule has 5 heteroatoms. The van der Waals surface area contributed by atoms with Crippen molar-refractivity contribution >= 4 is 17.5 Å². The van der Waals surface area contributed by atoms with Gasteiger partial charge in [-0.1, -0.05) is 23.7 Å². The van der Waals surface area contributed by atoms with Crippen molar-refractivity contribution in [2.75, 3.05) is 7.11 Å². The van der Waals surface area contributed by atoms with Gasteiger partial charge >= 0.3 is 5.97 Å². The van der Waals surface area contributed by atoms with E-state index in [1.54, 1.807) is 14.0 Å². The molecule has 6 atom stereocenters. The highest BCUT2D eigenvalue weighted by Gasteiger charge is 2.66.